The predicted octanol–water partition coefficient (Wildman–Crippen LogP) is 4.40. The van der Waals surface area contributed by atoms with Gasteiger partial charge in [-0.3, -0.25) is 24.1 Å². The monoisotopic (exact) mass is 730 g/mol. The first-order chi connectivity index (χ1) is 24.7. The molecule has 0 bridgehead atoms. The van der Waals surface area contributed by atoms with Gasteiger partial charge in [-0.1, -0.05) is 65.7 Å². The van der Waals surface area contributed by atoms with E-state index in [1.807, 2.05) is 48.5 Å². The quantitative estimate of drug-likeness (QED) is 0.128. The van der Waals surface area contributed by atoms with Gasteiger partial charge in [-0.2, -0.15) is 0 Å². The minimum absolute atomic E-state index is 0.0105. The third-order valence-electron chi connectivity index (χ3n) is 8.79. The van der Waals surface area contributed by atoms with E-state index in [0.29, 0.717) is 69.0 Å². The molecule has 4 heterocycles. The number of aromatic nitrogens is 3. The van der Waals surface area contributed by atoms with Crippen molar-refractivity contribution in [2.75, 3.05) is 27.4 Å². The van der Waals surface area contributed by atoms with Gasteiger partial charge in [0, 0.05) is 72.3 Å². The van der Waals surface area contributed by atoms with E-state index < -0.39 is 18.6 Å². The molecule has 1 saturated heterocycles. The maximum Gasteiger partial charge on any atom is 0.325 e. The van der Waals surface area contributed by atoms with Crippen molar-refractivity contribution in [2.45, 2.75) is 38.0 Å². The molecule has 264 valence electrons. The van der Waals surface area contributed by atoms with Crippen molar-refractivity contribution in [2.24, 2.45) is 0 Å². The van der Waals surface area contributed by atoms with E-state index in [2.05, 4.69) is 25.7 Å². The lowest BCUT2D eigenvalue weighted by atomic mass is 9.97. The lowest BCUT2D eigenvalue weighted by Gasteiger charge is -2.16. The van der Waals surface area contributed by atoms with Crippen LogP contribution in [0.1, 0.15) is 24.0 Å². The smallest absolute Gasteiger partial charge is 0.325 e. The summed E-state index contributed by atoms with van der Waals surface area (Å²) in [5, 5.41) is 19.6. The summed E-state index contributed by atoms with van der Waals surface area (Å²) in [6.07, 6.45) is 4.43. The molecule has 0 unspecified atom stereocenters. The molecule has 6 rings (SSSR count). The number of carbonyl (C=O) groups excluding carboxylic acids is 2. The zero-order valence-electron chi connectivity index (χ0n) is 27.9. The Kier molecular flexibility index (Phi) is 11.3. The van der Waals surface area contributed by atoms with Gasteiger partial charge in [-0.25, -0.2) is 9.97 Å². The van der Waals surface area contributed by atoms with Crippen LogP contribution in [0.3, 0.4) is 0 Å². The molecule has 2 atom stereocenters. The van der Waals surface area contributed by atoms with Crippen LogP contribution in [0.15, 0.2) is 77.9 Å². The van der Waals surface area contributed by atoms with Crippen molar-refractivity contribution in [3.8, 4) is 39.4 Å². The SMILES string of the molecule is COC(=O)[C@@H](CO)NCc1cnc2cc(-c3cccc(-c4cccc(-c5ccc(CNC[C@@H]6CCC(=O)N6)c(OC)n5)c4Cl)c3Cl)ccn2c1=O. The molecule has 1 fully saturated rings. The topological polar surface area (TPSA) is 156 Å². The summed E-state index contributed by atoms with van der Waals surface area (Å²) < 4.78 is 11.7. The first-order valence-corrected chi connectivity index (χ1v) is 17.0. The molecule has 12 nitrogen and oxygen atoms in total. The molecule has 1 amide bonds. The van der Waals surface area contributed by atoms with E-state index in [1.165, 1.54) is 17.7 Å². The van der Waals surface area contributed by atoms with Gasteiger partial charge in [0.15, 0.2) is 0 Å². The fourth-order valence-electron chi connectivity index (χ4n) is 6.04. The lowest BCUT2D eigenvalue weighted by Crippen LogP contribution is -2.41. The molecule has 0 radical (unpaired) electrons. The zero-order valence-corrected chi connectivity index (χ0v) is 29.4. The maximum absolute atomic E-state index is 13.2. The number of halogens is 2. The molecule has 0 aliphatic carbocycles. The first kappa shape index (κ1) is 36.0. The summed E-state index contributed by atoms with van der Waals surface area (Å²) >= 11 is 14.1. The van der Waals surface area contributed by atoms with Crippen molar-refractivity contribution >= 4 is 40.7 Å². The van der Waals surface area contributed by atoms with Crippen molar-refractivity contribution < 1.29 is 24.2 Å². The molecule has 4 N–H and O–H groups in total. The number of hydrogen-bond donors (Lipinski definition) is 4. The predicted molar refractivity (Wildman–Crippen MR) is 195 cm³/mol. The Morgan fingerprint density at radius 2 is 1.73 bits per heavy atom. The number of benzene rings is 2. The molecule has 5 aromatic rings. The van der Waals surface area contributed by atoms with E-state index in [-0.39, 0.29) is 24.1 Å². The number of ether oxygens (including phenoxy) is 2. The highest BCUT2D eigenvalue weighted by molar-refractivity contribution is 6.39. The zero-order chi connectivity index (χ0) is 36.1. The lowest BCUT2D eigenvalue weighted by molar-refractivity contribution is -0.144. The number of nitrogens with one attached hydrogen (secondary N) is 3. The average Bonchev–Trinajstić information content (AvgIpc) is 3.57. The summed E-state index contributed by atoms with van der Waals surface area (Å²) in [6, 6.07) is 17.9. The number of aliphatic hydroxyl groups is 1. The molecule has 14 heteroatoms. The van der Waals surface area contributed by atoms with Crippen LogP contribution in [-0.4, -0.2) is 70.8 Å². The van der Waals surface area contributed by atoms with Gasteiger partial charge in [0.05, 0.1) is 42.1 Å². The summed E-state index contributed by atoms with van der Waals surface area (Å²) in [5.41, 5.74) is 5.49. The third-order valence-corrected chi connectivity index (χ3v) is 9.60. The number of fused-ring (bicyclic) bond motifs is 1. The number of rotatable bonds is 13. The van der Waals surface area contributed by atoms with Gasteiger partial charge < -0.3 is 25.2 Å². The number of carbonyl (C=O) groups is 2. The minimum atomic E-state index is -0.965. The van der Waals surface area contributed by atoms with E-state index in [4.69, 9.17) is 32.9 Å². The highest BCUT2D eigenvalue weighted by atomic mass is 35.5. The average molecular weight is 732 g/mol. The molecule has 0 spiro atoms. The van der Waals surface area contributed by atoms with Crippen LogP contribution < -0.4 is 26.2 Å². The Morgan fingerprint density at radius 1 is 1.00 bits per heavy atom. The Hall–Kier alpha value is -4.85. The molecule has 0 saturated carbocycles. The second-order valence-corrected chi connectivity index (χ2v) is 12.8. The molecular formula is C37H36Cl2N6O6. The standard InChI is InChI=1S/C37H36Cl2N6O6/c1-50-35-22(16-40-19-24-10-12-32(47)43-24)9-11-29(44-35)28-8-4-7-27(34(28)39)26-6-3-5-25(33(26)38)21-13-14-45-31(15-21)42-18-23(36(45)48)17-41-30(20-46)37(49)51-2/h3-9,11,13-15,18,24,30,40-41,46H,10,12,16-17,19-20H2,1-2H3,(H,43,47)/t24-,30+/m0/s1. The van der Waals surface area contributed by atoms with E-state index in [1.54, 1.807) is 25.4 Å². The molecule has 2 aromatic carbocycles. The number of esters is 1. The Balaban J connectivity index is 1.24. The fraction of sp³-hybridized carbons (Fsp3) is 0.270. The normalized spacial score (nSPS) is 14.8. The van der Waals surface area contributed by atoms with E-state index in [0.717, 1.165) is 23.1 Å². The fourth-order valence-corrected chi connectivity index (χ4v) is 6.70. The van der Waals surface area contributed by atoms with Crippen molar-refractivity contribution in [1.29, 1.82) is 0 Å². The number of pyridine rings is 2. The number of amides is 1. The summed E-state index contributed by atoms with van der Waals surface area (Å²) in [4.78, 5) is 45.7. The van der Waals surface area contributed by atoms with Crippen molar-refractivity contribution in [3.05, 3.63) is 105 Å². The highest BCUT2D eigenvalue weighted by Crippen LogP contribution is 2.42. The Labute approximate surface area is 303 Å². The van der Waals surface area contributed by atoms with Crippen LogP contribution in [0.4, 0.5) is 0 Å². The highest BCUT2D eigenvalue weighted by Gasteiger charge is 2.22. The van der Waals surface area contributed by atoms with Crippen LogP contribution in [0.25, 0.3) is 39.2 Å². The third kappa shape index (κ3) is 7.75. The summed E-state index contributed by atoms with van der Waals surface area (Å²) in [5.74, 6) is -0.0778. The second-order valence-electron chi connectivity index (χ2n) is 12.0. The van der Waals surface area contributed by atoms with Gasteiger partial charge in [0.2, 0.25) is 11.8 Å². The van der Waals surface area contributed by atoms with Crippen LogP contribution in [0, 0.1) is 0 Å². The van der Waals surface area contributed by atoms with Crippen LogP contribution in [-0.2, 0) is 27.4 Å². The van der Waals surface area contributed by atoms with Gasteiger partial charge >= 0.3 is 5.97 Å². The van der Waals surface area contributed by atoms with Gasteiger partial charge in [-0.15, -0.1) is 0 Å². The molecule has 1 aliphatic rings. The molecule has 51 heavy (non-hydrogen) atoms. The van der Waals surface area contributed by atoms with Crippen molar-refractivity contribution in [1.82, 2.24) is 30.3 Å². The van der Waals surface area contributed by atoms with Crippen molar-refractivity contribution in [3.63, 3.8) is 0 Å². The largest absolute Gasteiger partial charge is 0.481 e. The molecular weight excluding hydrogens is 695 g/mol. The number of hydrogen-bond acceptors (Lipinski definition) is 10. The van der Waals surface area contributed by atoms with Crippen LogP contribution >= 0.6 is 23.2 Å². The Morgan fingerprint density at radius 3 is 2.41 bits per heavy atom. The van der Waals surface area contributed by atoms with E-state index >= 15 is 0 Å². The van der Waals surface area contributed by atoms with E-state index in [9.17, 15) is 19.5 Å². The second kappa shape index (κ2) is 16.0. The van der Waals surface area contributed by atoms with Crippen LogP contribution in [0.5, 0.6) is 5.88 Å². The van der Waals surface area contributed by atoms with Crippen LogP contribution in [0.2, 0.25) is 10.0 Å². The Bertz CT molecular complexity index is 2160. The number of aliphatic hydroxyl groups excluding tert-OH is 1. The maximum atomic E-state index is 13.2. The number of nitrogens with zero attached hydrogens (tertiary/aromatic N) is 3. The summed E-state index contributed by atoms with van der Waals surface area (Å²) in [6.45, 7) is 0.716. The minimum Gasteiger partial charge on any atom is -0.481 e. The first-order valence-electron chi connectivity index (χ1n) is 16.3. The summed E-state index contributed by atoms with van der Waals surface area (Å²) in [7, 11) is 2.80. The molecule has 1 aliphatic heterocycles. The van der Waals surface area contributed by atoms with Gasteiger partial charge in [0.25, 0.3) is 5.56 Å². The van der Waals surface area contributed by atoms with Gasteiger partial charge in [-0.05, 0) is 30.2 Å². The molecule has 3 aromatic heterocycles. The van der Waals surface area contributed by atoms with Gasteiger partial charge in [0.1, 0.15) is 11.7 Å². The number of methoxy groups -OCH3 is 2.